The Kier molecular flexibility index (Phi) is 3.55. The van der Waals surface area contributed by atoms with Crippen LogP contribution < -0.4 is 5.73 Å². The second kappa shape index (κ2) is 4.79. The Morgan fingerprint density at radius 3 is 2.76 bits per heavy atom. The molecule has 17 heavy (non-hydrogen) atoms. The van der Waals surface area contributed by atoms with E-state index in [0.717, 1.165) is 19.4 Å². The van der Waals surface area contributed by atoms with Gasteiger partial charge in [-0.3, -0.25) is 4.90 Å². The number of benzene rings is 1. The zero-order chi connectivity index (χ0) is 12.5. The Balaban J connectivity index is 2.15. The van der Waals surface area contributed by atoms with Gasteiger partial charge in [-0.2, -0.15) is 0 Å². The van der Waals surface area contributed by atoms with E-state index in [0.29, 0.717) is 6.04 Å². The van der Waals surface area contributed by atoms with Crippen molar-refractivity contribution in [3.63, 3.8) is 0 Å². The predicted molar refractivity (Wildman–Crippen MR) is 73.0 cm³/mol. The monoisotopic (exact) mass is 232 g/mol. The van der Waals surface area contributed by atoms with E-state index >= 15 is 0 Å². The first-order valence-corrected chi connectivity index (χ1v) is 6.54. The molecule has 0 saturated heterocycles. The van der Waals surface area contributed by atoms with Crippen LogP contribution in [0.2, 0.25) is 0 Å². The van der Waals surface area contributed by atoms with Gasteiger partial charge in [-0.1, -0.05) is 24.3 Å². The summed E-state index contributed by atoms with van der Waals surface area (Å²) in [6.07, 6.45) is 3.39. The van der Waals surface area contributed by atoms with Crippen molar-refractivity contribution in [3.05, 3.63) is 35.4 Å². The predicted octanol–water partition coefficient (Wildman–Crippen LogP) is 2.73. The molecule has 2 rings (SSSR count). The molecule has 0 spiro atoms. The van der Waals surface area contributed by atoms with Gasteiger partial charge in [0.15, 0.2) is 0 Å². The summed E-state index contributed by atoms with van der Waals surface area (Å²) in [6, 6.07) is 9.39. The fourth-order valence-corrected chi connectivity index (χ4v) is 2.66. The van der Waals surface area contributed by atoms with Crippen molar-refractivity contribution in [3.8, 4) is 0 Å². The van der Waals surface area contributed by atoms with E-state index in [1.165, 1.54) is 17.5 Å². The van der Waals surface area contributed by atoms with Crippen LogP contribution >= 0.6 is 0 Å². The standard InChI is InChI=1S/C15H24N2/c1-15(2,16)10-8-14-13-7-5-4-6-12(13)9-11-17(14)3/h4-7,14H,8-11,16H2,1-3H3. The highest BCUT2D eigenvalue weighted by Crippen LogP contribution is 2.32. The summed E-state index contributed by atoms with van der Waals surface area (Å²) >= 11 is 0. The molecule has 1 unspecified atom stereocenters. The lowest BCUT2D eigenvalue weighted by Gasteiger charge is -2.36. The maximum absolute atomic E-state index is 6.10. The third-order valence-corrected chi connectivity index (χ3v) is 3.74. The minimum Gasteiger partial charge on any atom is -0.326 e. The second-order valence-corrected chi connectivity index (χ2v) is 5.97. The van der Waals surface area contributed by atoms with Crippen LogP contribution in [0.1, 0.15) is 43.9 Å². The average Bonchev–Trinajstić information content (AvgIpc) is 2.26. The van der Waals surface area contributed by atoms with E-state index in [2.05, 4.69) is 50.1 Å². The van der Waals surface area contributed by atoms with Gasteiger partial charge in [0.2, 0.25) is 0 Å². The van der Waals surface area contributed by atoms with E-state index in [1.54, 1.807) is 0 Å². The molecule has 1 aromatic carbocycles. The first-order chi connectivity index (χ1) is 7.97. The van der Waals surface area contributed by atoms with E-state index in [1.807, 2.05) is 0 Å². The minimum absolute atomic E-state index is 0.0623. The lowest BCUT2D eigenvalue weighted by Crippen LogP contribution is -2.36. The molecule has 94 valence electrons. The Hall–Kier alpha value is -0.860. The van der Waals surface area contributed by atoms with Gasteiger partial charge in [0.1, 0.15) is 0 Å². The van der Waals surface area contributed by atoms with Gasteiger partial charge in [-0.25, -0.2) is 0 Å². The maximum Gasteiger partial charge on any atom is 0.0348 e. The number of nitrogens with zero attached hydrogens (tertiary/aromatic N) is 1. The number of hydrogen-bond donors (Lipinski definition) is 1. The molecule has 0 saturated carbocycles. The molecule has 1 atom stereocenters. The van der Waals surface area contributed by atoms with E-state index < -0.39 is 0 Å². The molecule has 0 bridgehead atoms. The first kappa shape index (κ1) is 12.6. The van der Waals surface area contributed by atoms with Crippen LogP contribution in [-0.4, -0.2) is 24.0 Å². The molecule has 0 radical (unpaired) electrons. The van der Waals surface area contributed by atoms with Gasteiger partial charge in [-0.05, 0) is 51.3 Å². The van der Waals surface area contributed by atoms with Crippen molar-refractivity contribution in [2.75, 3.05) is 13.6 Å². The normalized spacial score (nSPS) is 21.3. The quantitative estimate of drug-likeness (QED) is 0.868. The number of hydrogen-bond acceptors (Lipinski definition) is 2. The number of likely N-dealkylation sites (N-methyl/N-ethyl adjacent to an activating group) is 1. The van der Waals surface area contributed by atoms with Gasteiger partial charge in [-0.15, -0.1) is 0 Å². The summed E-state index contributed by atoms with van der Waals surface area (Å²) in [7, 11) is 2.23. The van der Waals surface area contributed by atoms with Gasteiger partial charge < -0.3 is 5.73 Å². The van der Waals surface area contributed by atoms with Crippen LogP contribution in [0.4, 0.5) is 0 Å². The number of fused-ring (bicyclic) bond motifs is 1. The van der Waals surface area contributed by atoms with Gasteiger partial charge in [0, 0.05) is 18.1 Å². The lowest BCUT2D eigenvalue weighted by molar-refractivity contribution is 0.206. The van der Waals surface area contributed by atoms with Crippen molar-refractivity contribution in [2.24, 2.45) is 5.73 Å². The van der Waals surface area contributed by atoms with Gasteiger partial charge in [0.25, 0.3) is 0 Å². The van der Waals surface area contributed by atoms with Gasteiger partial charge in [0.05, 0.1) is 0 Å². The summed E-state index contributed by atoms with van der Waals surface area (Å²) in [5, 5.41) is 0. The topological polar surface area (TPSA) is 29.3 Å². The first-order valence-electron chi connectivity index (χ1n) is 6.54. The molecule has 0 fully saturated rings. The molecule has 2 N–H and O–H groups in total. The summed E-state index contributed by atoms with van der Waals surface area (Å²) in [6.45, 7) is 5.39. The van der Waals surface area contributed by atoms with E-state index in [4.69, 9.17) is 5.73 Å². The number of nitrogens with two attached hydrogens (primary N) is 1. The SMILES string of the molecule is CN1CCc2ccccc2C1CCC(C)(C)N. The molecule has 1 aliphatic heterocycles. The molecular weight excluding hydrogens is 208 g/mol. The van der Waals surface area contributed by atoms with Crippen molar-refractivity contribution in [2.45, 2.75) is 44.7 Å². The molecule has 1 heterocycles. The highest BCUT2D eigenvalue weighted by atomic mass is 15.1. The van der Waals surface area contributed by atoms with E-state index in [-0.39, 0.29) is 5.54 Å². The lowest BCUT2D eigenvalue weighted by atomic mass is 9.87. The molecule has 2 nitrogen and oxygen atoms in total. The Labute approximate surface area is 105 Å². The second-order valence-electron chi connectivity index (χ2n) is 5.97. The largest absolute Gasteiger partial charge is 0.326 e. The van der Waals surface area contributed by atoms with Crippen LogP contribution in [0.25, 0.3) is 0 Å². The highest BCUT2D eigenvalue weighted by Gasteiger charge is 2.25. The molecule has 2 heteroatoms. The van der Waals surface area contributed by atoms with Crippen LogP contribution in [0, 0.1) is 0 Å². The summed E-state index contributed by atoms with van der Waals surface area (Å²) in [4.78, 5) is 2.47. The van der Waals surface area contributed by atoms with Gasteiger partial charge >= 0.3 is 0 Å². The van der Waals surface area contributed by atoms with Crippen LogP contribution in [-0.2, 0) is 6.42 Å². The fraction of sp³-hybridized carbons (Fsp3) is 0.600. The Morgan fingerprint density at radius 1 is 1.35 bits per heavy atom. The fourth-order valence-electron chi connectivity index (χ4n) is 2.66. The molecule has 0 aliphatic carbocycles. The Morgan fingerprint density at radius 2 is 2.06 bits per heavy atom. The molecule has 1 aromatic rings. The maximum atomic E-state index is 6.10. The number of rotatable bonds is 3. The smallest absolute Gasteiger partial charge is 0.0348 e. The average molecular weight is 232 g/mol. The minimum atomic E-state index is -0.0623. The summed E-state index contributed by atoms with van der Waals surface area (Å²) in [5.41, 5.74) is 9.06. The third kappa shape index (κ3) is 3.08. The van der Waals surface area contributed by atoms with Crippen molar-refractivity contribution < 1.29 is 0 Å². The zero-order valence-corrected chi connectivity index (χ0v) is 11.2. The van der Waals surface area contributed by atoms with E-state index in [9.17, 15) is 0 Å². The summed E-state index contributed by atoms with van der Waals surface area (Å²) < 4.78 is 0. The Bertz CT molecular complexity index is 379. The third-order valence-electron chi connectivity index (χ3n) is 3.74. The van der Waals surface area contributed by atoms with Crippen molar-refractivity contribution in [1.29, 1.82) is 0 Å². The summed E-state index contributed by atoms with van der Waals surface area (Å²) in [5.74, 6) is 0. The van der Waals surface area contributed by atoms with Crippen LogP contribution in [0.3, 0.4) is 0 Å². The van der Waals surface area contributed by atoms with Crippen molar-refractivity contribution >= 4 is 0 Å². The zero-order valence-electron chi connectivity index (χ0n) is 11.2. The van der Waals surface area contributed by atoms with Crippen LogP contribution in [0.15, 0.2) is 24.3 Å². The van der Waals surface area contributed by atoms with Crippen LogP contribution in [0.5, 0.6) is 0 Å². The molecular formula is C15H24N2. The highest BCUT2D eigenvalue weighted by molar-refractivity contribution is 5.32. The molecule has 0 amide bonds. The molecule has 1 aliphatic rings. The molecule has 0 aromatic heterocycles. The van der Waals surface area contributed by atoms with Crippen molar-refractivity contribution in [1.82, 2.24) is 4.90 Å².